The molecule has 1 aromatic rings. The van der Waals surface area contributed by atoms with Crippen molar-refractivity contribution in [2.24, 2.45) is 0 Å². The van der Waals surface area contributed by atoms with Crippen LogP contribution in [-0.2, 0) is 9.53 Å². The standard InChI is InChI=1S/C10H12O4/c1-12-7-10(11)14-9-6-4-3-5-8(9)13-2/h3-6H,7H2,1-2H3. The molecule has 0 saturated heterocycles. The molecular formula is C10H12O4. The second kappa shape index (κ2) is 5.24. The van der Waals surface area contributed by atoms with Crippen LogP contribution in [0.4, 0.5) is 0 Å². The Kier molecular flexibility index (Phi) is 3.94. The van der Waals surface area contributed by atoms with Gasteiger partial charge in [-0.05, 0) is 12.1 Å². The van der Waals surface area contributed by atoms with Gasteiger partial charge in [-0.25, -0.2) is 4.79 Å². The minimum atomic E-state index is -0.447. The molecule has 0 spiro atoms. The largest absolute Gasteiger partial charge is 0.493 e. The highest BCUT2D eigenvalue weighted by atomic mass is 16.6. The van der Waals surface area contributed by atoms with Crippen molar-refractivity contribution in [2.75, 3.05) is 20.8 Å². The van der Waals surface area contributed by atoms with E-state index < -0.39 is 5.97 Å². The van der Waals surface area contributed by atoms with E-state index in [2.05, 4.69) is 4.74 Å². The van der Waals surface area contributed by atoms with Crippen LogP contribution in [0.3, 0.4) is 0 Å². The lowest BCUT2D eigenvalue weighted by atomic mass is 10.3. The number of benzene rings is 1. The number of para-hydroxylation sites is 2. The van der Waals surface area contributed by atoms with E-state index in [1.165, 1.54) is 14.2 Å². The molecule has 0 amide bonds. The number of esters is 1. The molecule has 0 aromatic heterocycles. The summed E-state index contributed by atoms with van der Waals surface area (Å²) in [4.78, 5) is 11.1. The molecule has 14 heavy (non-hydrogen) atoms. The topological polar surface area (TPSA) is 44.8 Å². The van der Waals surface area contributed by atoms with Gasteiger partial charge in [0.25, 0.3) is 0 Å². The molecule has 0 aliphatic rings. The summed E-state index contributed by atoms with van der Waals surface area (Å²) in [6, 6.07) is 6.94. The Hall–Kier alpha value is -1.55. The lowest BCUT2D eigenvalue weighted by Gasteiger charge is -2.07. The second-order valence-electron chi connectivity index (χ2n) is 2.56. The first kappa shape index (κ1) is 10.5. The van der Waals surface area contributed by atoms with E-state index in [0.717, 1.165) is 0 Å². The molecule has 4 heteroatoms. The fraction of sp³-hybridized carbons (Fsp3) is 0.300. The minimum Gasteiger partial charge on any atom is -0.493 e. The number of hydrogen-bond acceptors (Lipinski definition) is 4. The van der Waals surface area contributed by atoms with Crippen molar-refractivity contribution in [1.82, 2.24) is 0 Å². The minimum absolute atomic E-state index is 0.0714. The maximum atomic E-state index is 11.1. The third-order valence-corrected chi connectivity index (χ3v) is 1.56. The van der Waals surface area contributed by atoms with Crippen LogP contribution in [0.15, 0.2) is 24.3 Å². The lowest BCUT2D eigenvalue weighted by molar-refractivity contribution is -0.138. The number of hydrogen-bond donors (Lipinski definition) is 0. The molecule has 0 saturated carbocycles. The number of rotatable bonds is 4. The molecular weight excluding hydrogens is 184 g/mol. The van der Waals surface area contributed by atoms with Crippen molar-refractivity contribution in [3.8, 4) is 11.5 Å². The average molecular weight is 196 g/mol. The predicted octanol–water partition coefficient (Wildman–Crippen LogP) is 1.25. The Balaban J connectivity index is 2.70. The zero-order valence-electron chi connectivity index (χ0n) is 8.15. The molecule has 0 aliphatic carbocycles. The van der Waals surface area contributed by atoms with E-state index >= 15 is 0 Å². The second-order valence-corrected chi connectivity index (χ2v) is 2.56. The first-order chi connectivity index (χ1) is 6.77. The van der Waals surface area contributed by atoms with Gasteiger partial charge in [0.15, 0.2) is 11.5 Å². The van der Waals surface area contributed by atoms with Crippen LogP contribution >= 0.6 is 0 Å². The zero-order chi connectivity index (χ0) is 10.4. The van der Waals surface area contributed by atoms with E-state index in [9.17, 15) is 4.79 Å². The third-order valence-electron chi connectivity index (χ3n) is 1.56. The van der Waals surface area contributed by atoms with Crippen molar-refractivity contribution >= 4 is 5.97 Å². The van der Waals surface area contributed by atoms with Crippen LogP contribution in [-0.4, -0.2) is 26.8 Å². The van der Waals surface area contributed by atoms with Gasteiger partial charge in [-0.2, -0.15) is 0 Å². The van der Waals surface area contributed by atoms with E-state index in [-0.39, 0.29) is 6.61 Å². The summed E-state index contributed by atoms with van der Waals surface area (Å²) in [6.45, 7) is -0.0714. The Morgan fingerprint density at radius 2 is 1.86 bits per heavy atom. The summed E-state index contributed by atoms with van der Waals surface area (Å²) in [5, 5.41) is 0. The first-order valence-electron chi connectivity index (χ1n) is 4.10. The highest BCUT2D eigenvalue weighted by molar-refractivity contribution is 5.74. The molecule has 0 aliphatic heterocycles. The van der Waals surface area contributed by atoms with Crippen LogP contribution in [0, 0.1) is 0 Å². The Labute approximate surface area is 82.4 Å². The smallest absolute Gasteiger partial charge is 0.337 e. The summed E-state index contributed by atoms with van der Waals surface area (Å²) in [7, 11) is 2.95. The quantitative estimate of drug-likeness (QED) is 0.537. The Bertz CT molecular complexity index is 309. The van der Waals surface area contributed by atoms with Gasteiger partial charge in [-0.15, -0.1) is 0 Å². The first-order valence-corrected chi connectivity index (χ1v) is 4.10. The van der Waals surface area contributed by atoms with E-state index in [0.29, 0.717) is 11.5 Å². The van der Waals surface area contributed by atoms with Crippen molar-refractivity contribution in [3.63, 3.8) is 0 Å². The zero-order valence-corrected chi connectivity index (χ0v) is 8.15. The predicted molar refractivity (Wildman–Crippen MR) is 50.5 cm³/mol. The van der Waals surface area contributed by atoms with Crippen LogP contribution in [0.25, 0.3) is 0 Å². The van der Waals surface area contributed by atoms with Gasteiger partial charge in [0, 0.05) is 7.11 Å². The molecule has 0 fully saturated rings. The van der Waals surface area contributed by atoms with E-state index in [4.69, 9.17) is 9.47 Å². The van der Waals surface area contributed by atoms with Crippen molar-refractivity contribution in [1.29, 1.82) is 0 Å². The van der Waals surface area contributed by atoms with Crippen LogP contribution in [0.1, 0.15) is 0 Å². The molecule has 4 nitrogen and oxygen atoms in total. The molecule has 76 valence electrons. The summed E-state index contributed by atoms with van der Waals surface area (Å²) in [6.07, 6.45) is 0. The number of methoxy groups -OCH3 is 2. The van der Waals surface area contributed by atoms with Crippen LogP contribution in [0.2, 0.25) is 0 Å². The lowest BCUT2D eigenvalue weighted by Crippen LogP contribution is -2.14. The SMILES string of the molecule is COCC(=O)Oc1ccccc1OC. The van der Waals surface area contributed by atoms with Gasteiger partial charge in [0.05, 0.1) is 7.11 Å². The van der Waals surface area contributed by atoms with Crippen molar-refractivity contribution in [3.05, 3.63) is 24.3 Å². The fourth-order valence-electron chi connectivity index (χ4n) is 0.973. The Morgan fingerprint density at radius 1 is 1.21 bits per heavy atom. The summed E-state index contributed by atoms with van der Waals surface area (Å²) < 4.78 is 14.6. The maximum Gasteiger partial charge on any atom is 0.337 e. The molecule has 1 aromatic carbocycles. The molecule has 0 heterocycles. The van der Waals surface area contributed by atoms with Crippen molar-refractivity contribution < 1.29 is 19.0 Å². The molecule has 0 atom stereocenters. The van der Waals surface area contributed by atoms with Crippen LogP contribution in [0.5, 0.6) is 11.5 Å². The average Bonchev–Trinajstić information content (AvgIpc) is 2.19. The van der Waals surface area contributed by atoms with Gasteiger partial charge in [0.1, 0.15) is 6.61 Å². The van der Waals surface area contributed by atoms with Gasteiger partial charge < -0.3 is 14.2 Å². The highest BCUT2D eigenvalue weighted by Gasteiger charge is 2.07. The normalized spacial score (nSPS) is 9.57. The summed E-state index contributed by atoms with van der Waals surface area (Å²) >= 11 is 0. The summed E-state index contributed by atoms with van der Waals surface area (Å²) in [5.41, 5.74) is 0. The molecule has 0 bridgehead atoms. The Morgan fingerprint density at radius 3 is 2.43 bits per heavy atom. The van der Waals surface area contributed by atoms with Crippen LogP contribution < -0.4 is 9.47 Å². The molecule has 0 N–H and O–H groups in total. The van der Waals surface area contributed by atoms with Gasteiger partial charge in [-0.1, -0.05) is 12.1 Å². The summed E-state index contributed by atoms with van der Waals surface area (Å²) in [5.74, 6) is 0.478. The molecule has 0 unspecified atom stereocenters. The number of carbonyl (C=O) groups is 1. The monoisotopic (exact) mass is 196 g/mol. The highest BCUT2D eigenvalue weighted by Crippen LogP contribution is 2.25. The van der Waals surface area contributed by atoms with E-state index in [1.807, 2.05) is 0 Å². The maximum absolute atomic E-state index is 11.1. The molecule has 1 rings (SSSR count). The van der Waals surface area contributed by atoms with Gasteiger partial charge in [-0.3, -0.25) is 0 Å². The number of carbonyl (C=O) groups excluding carboxylic acids is 1. The van der Waals surface area contributed by atoms with E-state index in [1.54, 1.807) is 24.3 Å². The van der Waals surface area contributed by atoms with Gasteiger partial charge in [0.2, 0.25) is 0 Å². The van der Waals surface area contributed by atoms with Crippen molar-refractivity contribution in [2.45, 2.75) is 0 Å². The molecule has 0 radical (unpaired) electrons. The fourth-order valence-corrected chi connectivity index (χ4v) is 0.973. The van der Waals surface area contributed by atoms with Gasteiger partial charge >= 0.3 is 5.97 Å². The number of ether oxygens (including phenoxy) is 3. The third kappa shape index (κ3) is 2.74.